The predicted molar refractivity (Wildman–Crippen MR) is 89.3 cm³/mol. The van der Waals surface area contributed by atoms with Crippen LogP contribution < -0.4 is 10.9 Å². The van der Waals surface area contributed by atoms with E-state index in [-0.39, 0.29) is 5.82 Å². The third-order valence-electron chi connectivity index (χ3n) is 3.23. The van der Waals surface area contributed by atoms with Gasteiger partial charge in [-0.3, -0.25) is 20.4 Å². The number of hydrogen-bond donors (Lipinski definition) is 2. The number of benzene rings is 1. The number of hydrogen-bond acceptors (Lipinski definition) is 5. The zero-order valence-electron chi connectivity index (χ0n) is 12.9. The average Bonchev–Trinajstić information content (AvgIpc) is 2.97. The Labute approximate surface area is 145 Å². The van der Waals surface area contributed by atoms with Gasteiger partial charge >= 0.3 is 5.91 Å². The van der Waals surface area contributed by atoms with Crippen LogP contribution in [0.15, 0.2) is 34.8 Å². The minimum Gasteiger partial charge on any atom is -0.267 e. The van der Waals surface area contributed by atoms with Gasteiger partial charge in [-0.25, -0.2) is 9.50 Å². The number of carbonyl (C=O) groups excluding carboxylic acids is 2. The fraction of sp³-hybridized carbons (Fsp3) is 0.133. The van der Waals surface area contributed by atoms with Crippen molar-refractivity contribution in [3.8, 4) is 0 Å². The molecule has 0 spiro atoms. The molecule has 8 nitrogen and oxygen atoms in total. The molecule has 122 valence electrons. The van der Waals surface area contributed by atoms with E-state index in [1.165, 1.54) is 4.52 Å². The van der Waals surface area contributed by atoms with E-state index in [0.717, 1.165) is 11.4 Å². The minimum absolute atomic E-state index is 0.0800. The molecule has 24 heavy (non-hydrogen) atoms. The number of halogens is 1. The summed E-state index contributed by atoms with van der Waals surface area (Å²) in [5, 5.41) is 4.09. The van der Waals surface area contributed by atoms with Crippen molar-refractivity contribution in [3.63, 3.8) is 0 Å². The van der Waals surface area contributed by atoms with Crippen LogP contribution in [0.25, 0.3) is 5.78 Å². The number of nitrogens with one attached hydrogen (secondary N) is 2. The molecular formula is C15H13BrN6O2. The van der Waals surface area contributed by atoms with Crippen molar-refractivity contribution in [3.05, 3.63) is 57.6 Å². The van der Waals surface area contributed by atoms with E-state index < -0.39 is 11.8 Å². The standard InChI is InChI=1S/C15H13BrN6O2/c1-8-7-9(2)22-15(17-8)18-12(21-22)14(24)20-19-13(23)10-5-3-4-6-11(10)16/h3-7H,1-2H3,(H,19,23)(H,20,24). The number of rotatable bonds is 2. The van der Waals surface area contributed by atoms with Gasteiger partial charge in [0, 0.05) is 15.9 Å². The fourth-order valence-corrected chi connectivity index (χ4v) is 2.61. The largest absolute Gasteiger partial charge is 0.309 e. The van der Waals surface area contributed by atoms with Crippen molar-refractivity contribution in [2.75, 3.05) is 0 Å². The van der Waals surface area contributed by atoms with Crippen LogP contribution in [-0.4, -0.2) is 31.4 Å². The molecule has 1 aromatic carbocycles. The lowest BCUT2D eigenvalue weighted by molar-refractivity contribution is 0.0840. The van der Waals surface area contributed by atoms with Crippen LogP contribution in [0.2, 0.25) is 0 Å². The third-order valence-corrected chi connectivity index (χ3v) is 3.92. The second-order valence-electron chi connectivity index (χ2n) is 5.07. The van der Waals surface area contributed by atoms with Crippen molar-refractivity contribution in [2.24, 2.45) is 0 Å². The van der Waals surface area contributed by atoms with Gasteiger partial charge in [-0.15, -0.1) is 5.10 Å². The Morgan fingerprint density at radius 2 is 1.79 bits per heavy atom. The van der Waals surface area contributed by atoms with Crippen LogP contribution in [0.3, 0.4) is 0 Å². The molecule has 0 radical (unpaired) electrons. The Balaban J connectivity index is 1.75. The predicted octanol–water partition coefficient (Wildman–Crippen LogP) is 1.58. The van der Waals surface area contributed by atoms with Crippen LogP contribution in [0.4, 0.5) is 0 Å². The molecule has 0 aliphatic rings. The summed E-state index contributed by atoms with van der Waals surface area (Å²) >= 11 is 3.28. The van der Waals surface area contributed by atoms with Gasteiger partial charge < -0.3 is 0 Å². The molecule has 9 heteroatoms. The molecule has 2 amide bonds. The first-order valence-electron chi connectivity index (χ1n) is 7.02. The Morgan fingerprint density at radius 1 is 1.08 bits per heavy atom. The number of aryl methyl sites for hydroxylation is 2. The van der Waals surface area contributed by atoms with Crippen molar-refractivity contribution < 1.29 is 9.59 Å². The van der Waals surface area contributed by atoms with Crippen LogP contribution in [0, 0.1) is 13.8 Å². The smallest absolute Gasteiger partial charge is 0.267 e. The molecule has 2 aromatic heterocycles. The monoisotopic (exact) mass is 388 g/mol. The van der Waals surface area contributed by atoms with Crippen LogP contribution in [-0.2, 0) is 0 Å². The van der Waals surface area contributed by atoms with Gasteiger partial charge in [-0.2, -0.15) is 4.98 Å². The van der Waals surface area contributed by atoms with E-state index >= 15 is 0 Å². The Hall–Kier alpha value is -2.81. The van der Waals surface area contributed by atoms with Gasteiger partial charge in [0.05, 0.1) is 5.56 Å². The molecule has 0 fully saturated rings. The number of hydrazine groups is 1. The van der Waals surface area contributed by atoms with E-state index in [1.54, 1.807) is 24.3 Å². The van der Waals surface area contributed by atoms with Crippen LogP contribution in [0.1, 0.15) is 32.4 Å². The minimum atomic E-state index is -0.627. The molecule has 3 rings (SSSR count). The number of carbonyl (C=O) groups is 2. The van der Waals surface area contributed by atoms with Gasteiger partial charge in [0.2, 0.25) is 5.82 Å². The summed E-state index contributed by atoms with van der Waals surface area (Å²) in [5.41, 5.74) is 6.61. The molecule has 3 aromatic rings. The average molecular weight is 389 g/mol. The highest BCUT2D eigenvalue weighted by atomic mass is 79.9. The summed E-state index contributed by atoms with van der Waals surface area (Å²) in [6, 6.07) is 8.71. The normalized spacial score (nSPS) is 10.6. The maximum Gasteiger partial charge on any atom is 0.309 e. The zero-order chi connectivity index (χ0) is 17.3. The van der Waals surface area contributed by atoms with Gasteiger partial charge in [0.1, 0.15) is 0 Å². The van der Waals surface area contributed by atoms with Gasteiger partial charge in [-0.05, 0) is 48.0 Å². The van der Waals surface area contributed by atoms with E-state index in [0.29, 0.717) is 15.8 Å². The Morgan fingerprint density at radius 3 is 2.54 bits per heavy atom. The maximum absolute atomic E-state index is 12.1. The van der Waals surface area contributed by atoms with E-state index in [9.17, 15) is 9.59 Å². The highest BCUT2D eigenvalue weighted by Gasteiger charge is 2.16. The molecule has 0 saturated carbocycles. The van der Waals surface area contributed by atoms with Crippen molar-refractivity contribution in [1.82, 2.24) is 30.4 Å². The summed E-state index contributed by atoms with van der Waals surface area (Å²) < 4.78 is 2.09. The number of aromatic nitrogens is 4. The van der Waals surface area contributed by atoms with Crippen LogP contribution in [0.5, 0.6) is 0 Å². The molecular weight excluding hydrogens is 376 g/mol. The summed E-state index contributed by atoms with van der Waals surface area (Å²) in [4.78, 5) is 32.5. The lowest BCUT2D eigenvalue weighted by atomic mass is 10.2. The second kappa shape index (κ2) is 6.36. The molecule has 0 atom stereocenters. The first kappa shape index (κ1) is 16.1. The van der Waals surface area contributed by atoms with E-state index in [1.807, 2.05) is 19.9 Å². The number of fused-ring (bicyclic) bond motifs is 1. The van der Waals surface area contributed by atoms with Gasteiger partial charge in [-0.1, -0.05) is 12.1 Å². The van der Waals surface area contributed by atoms with Crippen molar-refractivity contribution in [1.29, 1.82) is 0 Å². The molecule has 0 unspecified atom stereocenters. The summed E-state index contributed by atoms with van der Waals surface area (Å²) in [6.45, 7) is 3.67. The first-order chi connectivity index (χ1) is 11.5. The molecule has 0 aliphatic carbocycles. The second-order valence-corrected chi connectivity index (χ2v) is 5.93. The number of nitrogens with zero attached hydrogens (tertiary/aromatic N) is 4. The lowest BCUT2D eigenvalue weighted by Gasteiger charge is -2.06. The molecule has 2 heterocycles. The summed E-state index contributed by atoms with van der Waals surface area (Å²) in [7, 11) is 0. The number of amides is 2. The highest BCUT2D eigenvalue weighted by Crippen LogP contribution is 2.15. The zero-order valence-corrected chi connectivity index (χ0v) is 14.5. The molecule has 0 bridgehead atoms. The molecule has 0 aliphatic heterocycles. The lowest BCUT2D eigenvalue weighted by Crippen LogP contribution is -2.42. The van der Waals surface area contributed by atoms with Gasteiger partial charge in [0.25, 0.3) is 11.7 Å². The Kier molecular flexibility index (Phi) is 4.26. The van der Waals surface area contributed by atoms with Crippen molar-refractivity contribution in [2.45, 2.75) is 13.8 Å². The van der Waals surface area contributed by atoms with E-state index in [4.69, 9.17) is 0 Å². The highest BCUT2D eigenvalue weighted by molar-refractivity contribution is 9.10. The van der Waals surface area contributed by atoms with Gasteiger partial charge in [0.15, 0.2) is 0 Å². The third kappa shape index (κ3) is 3.11. The maximum atomic E-state index is 12.1. The molecule has 0 saturated heterocycles. The first-order valence-corrected chi connectivity index (χ1v) is 7.81. The fourth-order valence-electron chi connectivity index (χ4n) is 2.14. The molecule has 2 N–H and O–H groups in total. The quantitative estimate of drug-likeness (QED) is 0.648. The topological polar surface area (TPSA) is 101 Å². The summed E-state index contributed by atoms with van der Waals surface area (Å²) in [5.74, 6) is -0.832. The Bertz CT molecular complexity index is 952. The summed E-state index contributed by atoms with van der Waals surface area (Å²) in [6.07, 6.45) is 0. The van der Waals surface area contributed by atoms with Crippen molar-refractivity contribution >= 4 is 33.5 Å². The SMILES string of the molecule is Cc1cc(C)n2nc(C(=O)NNC(=O)c3ccccc3Br)nc2n1. The van der Waals surface area contributed by atoms with Crippen LogP contribution >= 0.6 is 15.9 Å². The van der Waals surface area contributed by atoms with E-state index in [2.05, 4.69) is 41.8 Å².